The van der Waals surface area contributed by atoms with E-state index in [2.05, 4.69) is 118 Å². The number of alkyl halides is 1. The largest absolute Gasteiger partial charge is 0.508 e. The molecule has 7 aromatic carbocycles. The Balaban J connectivity index is 0.000000565. The quantitative estimate of drug-likeness (QED) is 0.0256. The van der Waals surface area contributed by atoms with E-state index in [1.54, 1.807) is 51.1 Å². The topological polar surface area (TPSA) is 151 Å². The van der Waals surface area contributed by atoms with E-state index in [-0.39, 0.29) is 25.1 Å². The van der Waals surface area contributed by atoms with E-state index in [4.69, 9.17) is 18.9 Å². The highest BCUT2D eigenvalue weighted by atomic mass is 79.9. The molecule has 0 aliphatic rings. The van der Waals surface area contributed by atoms with Crippen molar-refractivity contribution in [3.8, 4) is 23.0 Å². The van der Waals surface area contributed by atoms with Crippen molar-refractivity contribution in [2.75, 3.05) is 76.2 Å². The third kappa shape index (κ3) is 36.2. The molecular formula is C72H93Br3N4O10. The van der Waals surface area contributed by atoms with Gasteiger partial charge in [-0.05, 0) is 200 Å². The van der Waals surface area contributed by atoms with Gasteiger partial charge in [0.1, 0.15) is 36.2 Å². The summed E-state index contributed by atoms with van der Waals surface area (Å²) in [6.45, 7) is 14.1. The monoisotopic (exact) mass is 1410 g/mol. The van der Waals surface area contributed by atoms with Crippen LogP contribution in [0.2, 0.25) is 0 Å². The standard InChI is InChI=1S/C21H25NO3.C16H18BrNO.C14H21NO3.C9H12BrNO.C7H7Br.C5H8O2.H2/c1-4-24-21(23)13-11-18-10-12-20(14-19(18)15-22(2)3)25-16-17-8-6-5-7-9-17;1-18(2)11-14-10-15(8-9-16(14)17)19-12-13-6-4-3-5-7-13;1-4-18-14(17)8-6-11-5-7-13(16)9-12(11)10-15(2)3;1-11(2)6-7-5-8(12)3-4-9(7)10;8-6-7-4-2-1-3-5-7;1-3-5(6)7-4-2;/h5-14H,4,15-16H2,1-3H3;3-10H,11-12H2,1-2H3;5,7,9,16H,4,6,8,10H2,1-3H3;3-5,12H,6H2,1-2H3;1-5H,6H2;3H,1,4H2,2H3;1H/b13-11+;;;;;;. The van der Waals surface area contributed by atoms with Crippen molar-refractivity contribution in [1.29, 1.82) is 0 Å². The number of hydrogen-bond donors (Lipinski definition) is 2. The molecular weight excluding hydrogens is 1320 g/mol. The number of nitrogens with zero attached hydrogens (tertiary/aromatic N) is 4. The molecule has 0 unspecified atom stereocenters. The average molecular weight is 1410 g/mol. The normalized spacial score (nSPS) is 10.4. The summed E-state index contributed by atoms with van der Waals surface area (Å²) in [5.74, 6) is 1.42. The Morgan fingerprint density at radius 1 is 0.483 bits per heavy atom. The number of hydrogen-bond acceptors (Lipinski definition) is 14. The maximum atomic E-state index is 11.5. The van der Waals surface area contributed by atoms with E-state index in [9.17, 15) is 24.6 Å². The fourth-order valence-electron chi connectivity index (χ4n) is 7.85. The highest BCUT2D eigenvalue weighted by Crippen LogP contribution is 2.26. The first kappa shape index (κ1) is 78.0. The first-order valence-electron chi connectivity index (χ1n) is 29.1. The van der Waals surface area contributed by atoms with E-state index in [0.29, 0.717) is 51.6 Å². The molecule has 0 saturated heterocycles. The number of aryl methyl sites for hydroxylation is 1. The molecule has 0 amide bonds. The van der Waals surface area contributed by atoms with Crippen LogP contribution in [0, 0.1) is 0 Å². The number of carbonyl (C=O) groups excluding carboxylic acids is 3. The van der Waals surface area contributed by atoms with Crippen LogP contribution in [0.15, 0.2) is 191 Å². The highest BCUT2D eigenvalue weighted by Gasteiger charge is 2.10. The minimum absolute atomic E-state index is 0. The van der Waals surface area contributed by atoms with Crippen molar-refractivity contribution in [1.82, 2.24) is 19.6 Å². The van der Waals surface area contributed by atoms with E-state index in [1.165, 1.54) is 22.8 Å². The van der Waals surface area contributed by atoms with E-state index < -0.39 is 0 Å². The lowest BCUT2D eigenvalue weighted by Gasteiger charge is -2.15. The van der Waals surface area contributed by atoms with Crippen LogP contribution in [0.25, 0.3) is 6.08 Å². The Morgan fingerprint density at radius 3 is 1.34 bits per heavy atom. The fourth-order valence-corrected chi connectivity index (χ4v) is 8.97. The van der Waals surface area contributed by atoms with Crippen LogP contribution in [0.5, 0.6) is 23.0 Å². The van der Waals surface area contributed by atoms with Gasteiger partial charge < -0.3 is 53.5 Å². The lowest BCUT2D eigenvalue weighted by atomic mass is 10.0. The third-order valence-corrected chi connectivity index (χ3v) is 14.0. The number of carbonyl (C=O) groups is 3. The van der Waals surface area contributed by atoms with Crippen LogP contribution in [0.1, 0.15) is 78.7 Å². The number of rotatable bonds is 24. The SMILES string of the molecule is BrCc1ccccc1.C=CC(=O)OCC.CCOC(=O)/C=C/c1ccc(OCc2ccccc2)cc1CN(C)C.CCOC(=O)CCc1ccc(O)cc1CN(C)C.CN(C)Cc1cc(O)ccc1Br.CN(C)Cc1cc(OCc2ccccc2)ccc1Br.[HH]. The smallest absolute Gasteiger partial charge is 0.330 e. The average Bonchev–Trinajstić information content (AvgIpc) is 2.67. The molecule has 482 valence electrons. The molecule has 0 atom stereocenters. The summed E-state index contributed by atoms with van der Waals surface area (Å²) < 4.78 is 28.2. The zero-order valence-corrected chi connectivity index (χ0v) is 58.4. The molecule has 7 rings (SSSR count). The van der Waals surface area contributed by atoms with Gasteiger partial charge in [0.15, 0.2) is 0 Å². The Bertz CT molecular complexity index is 3160. The van der Waals surface area contributed by atoms with Gasteiger partial charge in [0.2, 0.25) is 0 Å². The maximum Gasteiger partial charge on any atom is 0.330 e. The van der Waals surface area contributed by atoms with Crippen molar-refractivity contribution in [3.05, 3.63) is 242 Å². The maximum absolute atomic E-state index is 11.5. The number of aromatic hydroxyl groups is 2. The van der Waals surface area contributed by atoms with Crippen LogP contribution < -0.4 is 9.47 Å². The molecule has 7 aromatic rings. The van der Waals surface area contributed by atoms with Crippen molar-refractivity contribution in [2.45, 2.75) is 78.3 Å². The van der Waals surface area contributed by atoms with Gasteiger partial charge in [-0.1, -0.05) is 157 Å². The summed E-state index contributed by atoms with van der Waals surface area (Å²) >= 11 is 10.4. The number of halogens is 3. The molecule has 0 bridgehead atoms. The second-order valence-electron chi connectivity index (χ2n) is 20.8. The lowest BCUT2D eigenvalue weighted by molar-refractivity contribution is -0.143. The van der Waals surface area contributed by atoms with Crippen molar-refractivity contribution < 1.29 is 49.7 Å². The molecule has 0 spiro atoms. The molecule has 0 radical (unpaired) electrons. The summed E-state index contributed by atoms with van der Waals surface area (Å²) in [7, 11) is 16.1. The van der Waals surface area contributed by atoms with Gasteiger partial charge in [-0.3, -0.25) is 4.79 Å². The zero-order chi connectivity index (χ0) is 65.9. The predicted octanol–water partition coefficient (Wildman–Crippen LogP) is 15.7. The summed E-state index contributed by atoms with van der Waals surface area (Å²) in [6, 6.07) is 53.1. The summed E-state index contributed by atoms with van der Waals surface area (Å²) in [5, 5.41) is 19.7. The molecule has 17 heteroatoms. The minimum atomic E-state index is -0.359. The predicted molar refractivity (Wildman–Crippen MR) is 374 cm³/mol. The molecule has 0 heterocycles. The molecule has 2 N–H and O–H groups in total. The summed E-state index contributed by atoms with van der Waals surface area (Å²) in [5.41, 5.74) is 10.2. The van der Waals surface area contributed by atoms with Gasteiger partial charge in [0.05, 0.1) is 19.8 Å². The minimum Gasteiger partial charge on any atom is -0.508 e. The highest BCUT2D eigenvalue weighted by molar-refractivity contribution is 9.10. The molecule has 14 nitrogen and oxygen atoms in total. The molecule has 0 aliphatic carbocycles. The van der Waals surface area contributed by atoms with Crippen LogP contribution in [0.3, 0.4) is 0 Å². The van der Waals surface area contributed by atoms with Crippen LogP contribution in [-0.2, 0) is 79.7 Å². The van der Waals surface area contributed by atoms with Gasteiger partial charge in [0, 0.05) is 60.5 Å². The number of benzene rings is 7. The lowest BCUT2D eigenvalue weighted by Crippen LogP contribution is -2.13. The van der Waals surface area contributed by atoms with Gasteiger partial charge in [0.25, 0.3) is 0 Å². The summed E-state index contributed by atoms with van der Waals surface area (Å²) in [6.07, 6.45) is 5.41. The number of esters is 3. The summed E-state index contributed by atoms with van der Waals surface area (Å²) in [4.78, 5) is 41.2. The number of ether oxygens (including phenoxy) is 5. The number of phenols is 2. The van der Waals surface area contributed by atoms with Gasteiger partial charge in [-0.25, -0.2) is 9.59 Å². The Hall–Kier alpha value is -7.09. The first-order valence-corrected chi connectivity index (χ1v) is 31.8. The molecule has 0 saturated carbocycles. The van der Waals surface area contributed by atoms with Gasteiger partial charge >= 0.3 is 17.9 Å². The van der Waals surface area contributed by atoms with E-state index >= 15 is 0 Å². The van der Waals surface area contributed by atoms with Gasteiger partial charge in [-0.15, -0.1) is 0 Å². The van der Waals surface area contributed by atoms with Crippen molar-refractivity contribution in [3.63, 3.8) is 0 Å². The fraction of sp³-hybridized carbons (Fsp3) is 0.319. The Labute approximate surface area is 556 Å². The molecule has 0 fully saturated rings. The molecule has 0 aromatic heterocycles. The molecule has 89 heavy (non-hydrogen) atoms. The Kier molecular flexibility index (Phi) is 40.4. The van der Waals surface area contributed by atoms with E-state index in [1.807, 2.05) is 156 Å². The zero-order valence-electron chi connectivity index (χ0n) is 53.6. The van der Waals surface area contributed by atoms with Crippen LogP contribution in [-0.4, -0.2) is 124 Å². The second-order valence-corrected chi connectivity index (χ2v) is 23.1. The Morgan fingerprint density at radius 2 is 0.888 bits per heavy atom. The second kappa shape index (κ2) is 46.1. The third-order valence-electron chi connectivity index (χ3n) is 11.8. The van der Waals surface area contributed by atoms with Gasteiger partial charge in [-0.2, -0.15) is 0 Å². The molecule has 0 aliphatic heterocycles. The first-order chi connectivity index (χ1) is 42.6. The van der Waals surface area contributed by atoms with Crippen LogP contribution >= 0.6 is 47.8 Å². The van der Waals surface area contributed by atoms with Crippen LogP contribution in [0.4, 0.5) is 0 Å². The van der Waals surface area contributed by atoms with Crippen molar-refractivity contribution >= 4 is 71.8 Å². The van der Waals surface area contributed by atoms with Crippen molar-refractivity contribution in [2.24, 2.45) is 0 Å². The number of phenolic OH excluding ortho intramolecular Hbond substituents is 2. The van der Waals surface area contributed by atoms with E-state index in [0.717, 1.165) is 91.4 Å².